The van der Waals surface area contributed by atoms with Crippen molar-refractivity contribution < 1.29 is 9.59 Å². The third kappa shape index (κ3) is 4.96. The van der Waals surface area contributed by atoms with Gasteiger partial charge < -0.3 is 9.88 Å². The van der Waals surface area contributed by atoms with Gasteiger partial charge in [0.1, 0.15) is 0 Å². The summed E-state index contributed by atoms with van der Waals surface area (Å²) >= 11 is 1.46. The first kappa shape index (κ1) is 17.3. The average molecular weight is 331 g/mol. The van der Waals surface area contributed by atoms with Crippen molar-refractivity contribution in [2.75, 3.05) is 6.54 Å². The molecular weight excluding hydrogens is 310 g/mol. The summed E-state index contributed by atoms with van der Waals surface area (Å²) in [6, 6.07) is 7.57. The Morgan fingerprint density at radius 1 is 1.30 bits per heavy atom. The van der Waals surface area contributed by atoms with Crippen LogP contribution in [0.3, 0.4) is 0 Å². The predicted molar refractivity (Wildman–Crippen MR) is 91.7 cm³/mol. The van der Waals surface area contributed by atoms with Crippen molar-refractivity contribution in [2.24, 2.45) is 7.05 Å². The van der Waals surface area contributed by atoms with Crippen molar-refractivity contribution in [1.82, 2.24) is 14.9 Å². The number of rotatable bonds is 7. The van der Waals surface area contributed by atoms with Crippen LogP contribution in [0.15, 0.2) is 41.8 Å². The molecule has 6 heteroatoms. The molecule has 0 radical (unpaired) electrons. The van der Waals surface area contributed by atoms with Crippen LogP contribution in [-0.2, 0) is 18.3 Å². The highest BCUT2D eigenvalue weighted by Crippen LogP contribution is 2.23. The summed E-state index contributed by atoms with van der Waals surface area (Å²) in [6.45, 7) is 4.00. The number of aryl methyl sites for hydroxylation is 1. The van der Waals surface area contributed by atoms with Gasteiger partial charge in [0.05, 0.1) is 5.25 Å². The summed E-state index contributed by atoms with van der Waals surface area (Å²) in [7, 11) is 1.91. The summed E-state index contributed by atoms with van der Waals surface area (Å²) in [5.74, 6) is 0.0587. The van der Waals surface area contributed by atoms with E-state index in [0.29, 0.717) is 12.1 Å². The van der Waals surface area contributed by atoms with Crippen LogP contribution in [0.2, 0.25) is 0 Å². The molecule has 1 atom stereocenters. The molecule has 0 spiro atoms. The van der Waals surface area contributed by atoms with Crippen molar-refractivity contribution in [2.45, 2.75) is 30.7 Å². The van der Waals surface area contributed by atoms with Crippen LogP contribution in [0, 0.1) is 0 Å². The quantitative estimate of drug-likeness (QED) is 0.625. The fourth-order valence-corrected chi connectivity index (χ4v) is 3.04. The lowest BCUT2D eigenvalue weighted by atomic mass is 10.0. The Kier molecular flexibility index (Phi) is 5.98. The van der Waals surface area contributed by atoms with Crippen LogP contribution in [0.5, 0.6) is 0 Å². The van der Waals surface area contributed by atoms with E-state index in [2.05, 4.69) is 10.3 Å². The molecule has 1 heterocycles. The van der Waals surface area contributed by atoms with Gasteiger partial charge in [-0.3, -0.25) is 9.59 Å². The summed E-state index contributed by atoms with van der Waals surface area (Å²) in [5.41, 5.74) is 1.79. The number of carbonyl (C=O) groups excluding carboxylic acids is 2. The molecule has 1 N–H and O–H groups in total. The average Bonchev–Trinajstić information content (AvgIpc) is 2.92. The molecule has 2 rings (SSSR count). The Morgan fingerprint density at radius 3 is 2.57 bits per heavy atom. The van der Waals surface area contributed by atoms with Crippen molar-refractivity contribution >= 4 is 23.5 Å². The molecule has 5 nitrogen and oxygen atoms in total. The third-order valence-electron chi connectivity index (χ3n) is 3.45. The summed E-state index contributed by atoms with van der Waals surface area (Å²) in [4.78, 5) is 27.6. The molecule has 23 heavy (non-hydrogen) atoms. The van der Waals surface area contributed by atoms with E-state index in [4.69, 9.17) is 0 Å². The Morgan fingerprint density at radius 2 is 2.00 bits per heavy atom. The van der Waals surface area contributed by atoms with Gasteiger partial charge in [-0.05, 0) is 18.9 Å². The molecule has 0 aliphatic carbocycles. The van der Waals surface area contributed by atoms with Crippen molar-refractivity contribution in [3.05, 3.63) is 47.8 Å². The fourth-order valence-electron chi connectivity index (χ4n) is 2.13. The molecule has 2 aromatic rings. The number of nitrogens with zero attached hydrogens (tertiary/aromatic N) is 2. The van der Waals surface area contributed by atoms with E-state index < -0.39 is 0 Å². The van der Waals surface area contributed by atoms with Gasteiger partial charge in [0.25, 0.3) is 0 Å². The maximum atomic E-state index is 12.5. The first-order valence-corrected chi connectivity index (χ1v) is 8.37. The molecule has 0 saturated carbocycles. The highest BCUT2D eigenvalue weighted by Gasteiger charge is 2.18. The highest BCUT2D eigenvalue weighted by molar-refractivity contribution is 8.00. The SMILES string of the molecule is CC(=O)NCCc1ccc(C(=O)C(C)Sc2nccn2C)cc1. The van der Waals surface area contributed by atoms with Crippen molar-refractivity contribution in [3.63, 3.8) is 0 Å². The molecule has 122 valence electrons. The molecule has 0 bridgehead atoms. The van der Waals surface area contributed by atoms with Gasteiger partial charge in [-0.15, -0.1) is 0 Å². The zero-order valence-electron chi connectivity index (χ0n) is 13.6. The smallest absolute Gasteiger partial charge is 0.216 e. The normalized spacial score (nSPS) is 12.0. The van der Waals surface area contributed by atoms with Gasteiger partial charge in [0.2, 0.25) is 5.91 Å². The lowest BCUT2D eigenvalue weighted by Crippen LogP contribution is -2.22. The van der Waals surface area contributed by atoms with Crippen molar-refractivity contribution in [3.8, 4) is 0 Å². The van der Waals surface area contributed by atoms with E-state index >= 15 is 0 Å². The fraction of sp³-hybridized carbons (Fsp3) is 0.353. The van der Waals surface area contributed by atoms with Crippen LogP contribution >= 0.6 is 11.8 Å². The topological polar surface area (TPSA) is 64.0 Å². The van der Waals surface area contributed by atoms with E-state index in [1.165, 1.54) is 18.7 Å². The number of hydrogen-bond acceptors (Lipinski definition) is 4. The molecule has 1 unspecified atom stereocenters. The van der Waals surface area contributed by atoms with Crippen LogP contribution in [0.25, 0.3) is 0 Å². The Labute approximate surface area is 140 Å². The molecule has 1 aromatic heterocycles. The lowest BCUT2D eigenvalue weighted by Gasteiger charge is -2.10. The predicted octanol–water partition coefficient (Wildman–Crippen LogP) is 2.46. The summed E-state index contributed by atoms with van der Waals surface area (Å²) in [5, 5.41) is 3.40. The van der Waals surface area contributed by atoms with Gasteiger partial charge in [0.15, 0.2) is 10.9 Å². The zero-order chi connectivity index (χ0) is 16.8. The van der Waals surface area contributed by atoms with Crippen LogP contribution in [0.4, 0.5) is 0 Å². The first-order valence-electron chi connectivity index (χ1n) is 7.49. The van der Waals surface area contributed by atoms with Gasteiger partial charge >= 0.3 is 0 Å². The number of carbonyl (C=O) groups is 2. The second-order valence-corrected chi connectivity index (χ2v) is 6.68. The second kappa shape index (κ2) is 7.97. The molecule has 0 saturated heterocycles. The first-order chi connectivity index (χ1) is 11.0. The molecule has 1 amide bonds. The lowest BCUT2D eigenvalue weighted by molar-refractivity contribution is -0.118. The zero-order valence-corrected chi connectivity index (χ0v) is 14.4. The Bertz CT molecular complexity index is 679. The van der Waals surface area contributed by atoms with E-state index in [1.54, 1.807) is 6.20 Å². The number of nitrogens with one attached hydrogen (secondary N) is 1. The van der Waals surface area contributed by atoms with Crippen LogP contribution in [-0.4, -0.2) is 33.0 Å². The van der Waals surface area contributed by atoms with E-state index in [1.807, 2.05) is 49.0 Å². The van der Waals surface area contributed by atoms with E-state index in [9.17, 15) is 9.59 Å². The number of imidazole rings is 1. The minimum absolute atomic E-state index is 0.0306. The number of aromatic nitrogens is 2. The largest absolute Gasteiger partial charge is 0.356 e. The van der Waals surface area contributed by atoms with Crippen molar-refractivity contribution in [1.29, 1.82) is 0 Å². The molecule has 0 aliphatic rings. The maximum absolute atomic E-state index is 12.5. The number of Topliss-reactive ketones (excluding diaryl/α,β-unsaturated/α-hetero) is 1. The third-order valence-corrected chi connectivity index (χ3v) is 4.63. The van der Waals surface area contributed by atoms with Crippen LogP contribution in [0.1, 0.15) is 29.8 Å². The maximum Gasteiger partial charge on any atom is 0.216 e. The molecule has 1 aromatic carbocycles. The molecular formula is C17H21N3O2S. The summed E-state index contributed by atoms with van der Waals surface area (Å²) in [6.07, 6.45) is 4.35. The van der Waals surface area contributed by atoms with E-state index in [0.717, 1.165) is 17.1 Å². The second-order valence-electron chi connectivity index (χ2n) is 5.37. The Hall–Kier alpha value is -2.08. The number of benzene rings is 1. The number of amides is 1. The van der Waals surface area contributed by atoms with Gasteiger partial charge in [-0.2, -0.15) is 0 Å². The number of ketones is 1. The number of thioether (sulfide) groups is 1. The standard InChI is InChI=1S/C17H21N3O2S/c1-12(23-17-19-10-11-20(17)3)16(22)15-6-4-14(5-7-15)8-9-18-13(2)21/h4-7,10-12H,8-9H2,1-3H3,(H,18,21). The van der Waals surface area contributed by atoms with Gasteiger partial charge in [-0.1, -0.05) is 36.0 Å². The minimum atomic E-state index is -0.193. The monoisotopic (exact) mass is 331 g/mol. The van der Waals surface area contributed by atoms with Gasteiger partial charge in [-0.25, -0.2) is 4.98 Å². The van der Waals surface area contributed by atoms with Crippen LogP contribution < -0.4 is 5.32 Å². The van der Waals surface area contributed by atoms with Gasteiger partial charge in [0, 0.05) is 38.5 Å². The molecule has 0 fully saturated rings. The van der Waals surface area contributed by atoms with E-state index in [-0.39, 0.29) is 16.9 Å². The molecule has 0 aliphatic heterocycles. The minimum Gasteiger partial charge on any atom is -0.356 e. The Balaban J connectivity index is 1.94. The summed E-state index contributed by atoms with van der Waals surface area (Å²) < 4.78 is 1.90. The number of hydrogen-bond donors (Lipinski definition) is 1. The highest BCUT2D eigenvalue weighted by atomic mass is 32.2.